The molecule has 0 atom stereocenters. The minimum atomic E-state index is -0.752. The molecule has 0 saturated heterocycles. The van der Waals surface area contributed by atoms with Crippen LogP contribution in [0.15, 0.2) is 36.4 Å². The SMILES string of the molecule is O=C(COCOc1cc(Cl)cc(Cl)c1)OCCOCCOCCOCCOC(=O)COC(=O)c1cc(Cl)cc(Cl)c1. The number of carbonyl (C=O) groups excluding carboxylic acids is 3. The predicted octanol–water partition coefficient (Wildman–Crippen LogP) is 4.65. The van der Waals surface area contributed by atoms with Crippen LogP contribution >= 0.6 is 46.4 Å². The van der Waals surface area contributed by atoms with Crippen LogP contribution < -0.4 is 4.74 Å². The predicted molar refractivity (Wildman–Crippen MR) is 149 cm³/mol. The third kappa shape index (κ3) is 16.6. The Balaban J connectivity index is 1.34. The van der Waals surface area contributed by atoms with E-state index in [1.807, 2.05) is 0 Å². The van der Waals surface area contributed by atoms with Crippen LogP contribution in [-0.4, -0.2) is 90.8 Å². The number of esters is 3. The van der Waals surface area contributed by atoms with Crippen molar-refractivity contribution in [3.05, 3.63) is 62.1 Å². The quantitative estimate of drug-likeness (QED) is 0.0855. The van der Waals surface area contributed by atoms with Crippen LogP contribution in [0.1, 0.15) is 10.4 Å². The first-order valence-electron chi connectivity index (χ1n) is 12.1. The minimum Gasteiger partial charge on any atom is -0.467 e. The van der Waals surface area contributed by atoms with E-state index in [2.05, 4.69) is 0 Å². The fourth-order valence-electron chi connectivity index (χ4n) is 2.78. The number of hydrogen-bond donors (Lipinski definition) is 0. The molecule has 0 fully saturated rings. The normalized spacial score (nSPS) is 10.7. The highest BCUT2D eigenvalue weighted by atomic mass is 35.5. The van der Waals surface area contributed by atoms with E-state index in [0.29, 0.717) is 35.6 Å². The fraction of sp³-hybridized carbons (Fsp3) is 0.423. The molecule has 0 bridgehead atoms. The van der Waals surface area contributed by atoms with E-state index >= 15 is 0 Å². The molecule has 0 aliphatic heterocycles. The molecule has 0 unspecified atom stereocenters. The van der Waals surface area contributed by atoms with Gasteiger partial charge in [-0.1, -0.05) is 46.4 Å². The van der Waals surface area contributed by atoms with Crippen LogP contribution in [0.4, 0.5) is 0 Å². The summed E-state index contributed by atoms with van der Waals surface area (Å²) in [5.41, 5.74) is 0.123. The molecule has 0 N–H and O–H groups in total. The van der Waals surface area contributed by atoms with Gasteiger partial charge >= 0.3 is 17.9 Å². The summed E-state index contributed by atoms with van der Waals surface area (Å²) in [4.78, 5) is 35.2. The van der Waals surface area contributed by atoms with Crippen LogP contribution in [0.5, 0.6) is 5.75 Å². The van der Waals surface area contributed by atoms with Crippen molar-refractivity contribution in [2.24, 2.45) is 0 Å². The fourth-order valence-corrected chi connectivity index (χ4v) is 3.81. The zero-order valence-electron chi connectivity index (χ0n) is 21.7. The maximum absolute atomic E-state index is 11.9. The van der Waals surface area contributed by atoms with E-state index < -0.39 is 24.5 Å². The number of ether oxygens (including phenoxy) is 8. The van der Waals surface area contributed by atoms with Crippen molar-refractivity contribution in [2.75, 3.05) is 72.9 Å². The van der Waals surface area contributed by atoms with Crippen LogP contribution in [0.3, 0.4) is 0 Å². The van der Waals surface area contributed by atoms with Crippen LogP contribution in [0, 0.1) is 0 Å². The number of carbonyl (C=O) groups is 3. The molecule has 0 radical (unpaired) electrons. The Morgan fingerprint density at radius 3 is 1.46 bits per heavy atom. The van der Waals surface area contributed by atoms with Gasteiger partial charge in [-0.05, 0) is 36.4 Å². The van der Waals surface area contributed by atoms with Gasteiger partial charge in [0, 0.05) is 20.1 Å². The van der Waals surface area contributed by atoms with Gasteiger partial charge in [0.15, 0.2) is 13.4 Å². The van der Waals surface area contributed by atoms with E-state index in [1.165, 1.54) is 18.2 Å². The van der Waals surface area contributed by atoms with Crippen LogP contribution in [0.25, 0.3) is 0 Å². The summed E-state index contributed by atoms with van der Waals surface area (Å²) in [5.74, 6) is -1.63. The van der Waals surface area contributed by atoms with Gasteiger partial charge < -0.3 is 37.9 Å². The first kappa shape index (κ1) is 34.8. The lowest BCUT2D eigenvalue weighted by atomic mass is 10.2. The second-order valence-electron chi connectivity index (χ2n) is 7.73. The van der Waals surface area contributed by atoms with E-state index in [-0.39, 0.29) is 62.0 Å². The van der Waals surface area contributed by atoms with Crippen LogP contribution in [0.2, 0.25) is 20.1 Å². The maximum Gasteiger partial charge on any atom is 0.344 e. The molecule has 0 saturated carbocycles. The number of halogens is 4. The van der Waals surface area contributed by atoms with E-state index in [0.717, 1.165) is 0 Å². The lowest BCUT2D eigenvalue weighted by molar-refractivity contribution is -0.153. The lowest BCUT2D eigenvalue weighted by Gasteiger charge is -2.09. The Morgan fingerprint density at radius 2 is 0.951 bits per heavy atom. The molecule has 11 nitrogen and oxygen atoms in total. The van der Waals surface area contributed by atoms with Crippen molar-refractivity contribution in [2.45, 2.75) is 0 Å². The zero-order chi connectivity index (χ0) is 29.9. The Bertz CT molecular complexity index is 1080. The van der Waals surface area contributed by atoms with Gasteiger partial charge in [-0.3, -0.25) is 0 Å². The van der Waals surface area contributed by atoms with Crippen molar-refractivity contribution in [1.29, 1.82) is 0 Å². The highest BCUT2D eigenvalue weighted by Crippen LogP contribution is 2.24. The van der Waals surface area contributed by atoms with Crippen molar-refractivity contribution >= 4 is 64.3 Å². The largest absolute Gasteiger partial charge is 0.467 e. The zero-order valence-corrected chi connectivity index (χ0v) is 24.8. The summed E-state index contributed by atoms with van der Waals surface area (Å²) in [6.45, 7) is 0.521. The van der Waals surface area contributed by atoms with E-state index in [1.54, 1.807) is 18.2 Å². The average Bonchev–Trinajstić information content (AvgIpc) is 2.91. The standard InChI is InChI=1S/C26H28Cl4O11/c27-19-9-18(10-20(28)11-19)26(33)40-16-25(32)39-8-6-36-4-2-34-1-3-35-5-7-38-24(31)15-37-17-41-23-13-21(29)12-22(30)14-23/h9-14H,1-8,15-17H2. The van der Waals surface area contributed by atoms with Crippen LogP contribution in [-0.2, 0) is 42.7 Å². The van der Waals surface area contributed by atoms with Crippen molar-refractivity contribution < 1.29 is 52.3 Å². The average molecular weight is 658 g/mol. The molecule has 0 aliphatic rings. The molecule has 0 aliphatic carbocycles. The van der Waals surface area contributed by atoms with Gasteiger partial charge in [0.25, 0.3) is 0 Å². The summed E-state index contributed by atoms with van der Waals surface area (Å²) in [5, 5.41) is 1.38. The molecule has 2 aromatic rings. The smallest absolute Gasteiger partial charge is 0.344 e. The maximum atomic E-state index is 11.9. The van der Waals surface area contributed by atoms with Gasteiger partial charge in [0.1, 0.15) is 25.6 Å². The molecule has 2 rings (SSSR count). The topological polar surface area (TPSA) is 125 Å². The van der Waals surface area contributed by atoms with Gasteiger partial charge in [-0.2, -0.15) is 0 Å². The molecular weight excluding hydrogens is 630 g/mol. The summed E-state index contributed by atoms with van der Waals surface area (Å²) in [6.07, 6.45) is 0. The third-order valence-corrected chi connectivity index (χ3v) is 5.38. The van der Waals surface area contributed by atoms with Crippen molar-refractivity contribution in [1.82, 2.24) is 0 Å². The Kier molecular flexibility index (Phi) is 17.4. The number of benzene rings is 2. The molecule has 0 amide bonds. The first-order valence-corrected chi connectivity index (χ1v) is 13.6. The van der Waals surface area contributed by atoms with Crippen molar-refractivity contribution in [3.63, 3.8) is 0 Å². The number of hydrogen-bond acceptors (Lipinski definition) is 11. The second-order valence-corrected chi connectivity index (χ2v) is 9.47. The third-order valence-electron chi connectivity index (χ3n) is 4.51. The molecule has 0 heterocycles. The Morgan fingerprint density at radius 1 is 0.512 bits per heavy atom. The Labute approximate surface area is 256 Å². The molecular formula is C26H28Cl4O11. The molecule has 41 heavy (non-hydrogen) atoms. The molecule has 0 spiro atoms. The monoisotopic (exact) mass is 656 g/mol. The minimum absolute atomic E-state index is 0.0178. The highest BCUT2D eigenvalue weighted by Gasteiger charge is 2.12. The molecule has 2 aromatic carbocycles. The summed E-state index contributed by atoms with van der Waals surface area (Å²) in [6, 6.07) is 8.91. The van der Waals surface area contributed by atoms with Gasteiger partial charge in [-0.25, -0.2) is 14.4 Å². The summed E-state index contributed by atoms with van der Waals surface area (Å²) < 4.78 is 41.0. The van der Waals surface area contributed by atoms with Gasteiger partial charge in [0.2, 0.25) is 0 Å². The second kappa shape index (κ2) is 20.5. The van der Waals surface area contributed by atoms with E-state index in [9.17, 15) is 14.4 Å². The summed E-state index contributed by atoms with van der Waals surface area (Å²) >= 11 is 23.4. The lowest BCUT2D eigenvalue weighted by Crippen LogP contribution is -2.19. The Hall–Kier alpha value is -2.35. The molecule has 226 valence electrons. The molecule has 15 heteroatoms. The highest BCUT2D eigenvalue weighted by molar-refractivity contribution is 6.35. The first-order chi connectivity index (χ1) is 19.7. The van der Waals surface area contributed by atoms with E-state index in [4.69, 9.17) is 84.3 Å². The van der Waals surface area contributed by atoms with Gasteiger partial charge in [0.05, 0.1) is 45.2 Å². The van der Waals surface area contributed by atoms with Gasteiger partial charge in [-0.15, -0.1) is 0 Å². The van der Waals surface area contributed by atoms with Crippen molar-refractivity contribution in [3.8, 4) is 5.75 Å². The summed E-state index contributed by atoms with van der Waals surface area (Å²) in [7, 11) is 0. The number of rotatable bonds is 20. The molecule has 0 aromatic heterocycles.